The molecule has 3 aromatic carbocycles. The number of hydrogen-bond donors (Lipinski definition) is 0. The summed E-state index contributed by atoms with van der Waals surface area (Å²) in [5.41, 5.74) is 1.99. The van der Waals surface area contributed by atoms with Crippen LogP contribution in [0.25, 0.3) is 11.1 Å². The highest BCUT2D eigenvalue weighted by molar-refractivity contribution is 5.91. The third-order valence-electron chi connectivity index (χ3n) is 6.66. The van der Waals surface area contributed by atoms with Gasteiger partial charge in [0.1, 0.15) is 18.3 Å². The van der Waals surface area contributed by atoms with Gasteiger partial charge in [-0.15, -0.1) is 0 Å². The molecular formula is C30H28F4O3. The van der Waals surface area contributed by atoms with Gasteiger partial charge in [-0.2, -0.15) is 4.39 Å². The second-order valence-electron chi connectivity index (χ2n) is 9.07. The van der Waals surface area contributed by atoms with Crippen molar-refractivity contribution in [3.8, 4) is 22.6 Å². The third kappa shape index (κ3) is 6.40. The highest BCUT2D eigenvalue weighted by Crippen LogP contribution is 2.37. The Morgan fingerprint density at radius 1 is 0.919 bits per heavy atom. The molecule has 7 heteroatoms. The summed E-state index contributed by atoms with van der Waals surface area (Å²) in [5.74, 6) is -2.78. The van der Waals surface area contributed by atoms with Crippen LogP contribution in [0.5, 0.6) is 11.5 Å². The Hall–Kier alpha value is -3.61. The van der Waals surface area contributed by atoms with E-state index in [0.717, 1.165) is 31.2 Å². The summed E-state index contributed by atoms with van der Waals surface area (Å²) in [7, 11) is 0. The summed E-state index contributed by atoms with van der Waals surface area (Å²) >= 11 is 0. The lowest BCUT2D eigenvalue weighted by atomic mass is 9.78. The van der Waals surface area contributed by atoms with Crippen LogP contribution in [-0.2, 0) is 0 Å². The number of carbonyl (C=O) groups is 1. The monoisotopic (exact) mass is 512 g/mol. The smallest absolute Gasteiger partial charge is 0.343 e. The molecular weight excluding hydrogens is 484 g/mol. The Kier molecular flexibility index (Phi) is 8.64. The summed E-state index contributed by atoms with van der Waals surface area (Å²) in [4.78, 5) is 12.6. The van der Waals surface area contributed by atoms with Gasteiger partial charge in [-0.3, -0.25) is 0 Å². The van der Waals surface area contributed by atoms with E-state index in [1.54, 1.807) is 31.2 Å². The minimum Gasteiger partial charge on any atom is -0.491 e. The average molecular weight is 513 g/mol. The van der Waals surface area contributed by atoms with E-state index in [4.69, 9.17) is 9.47 Å². The molecule has 37 heavy (non-hydrogen) atoms. The van der Waals surface area contributed by atoms with Gasteiger partial charge in [-0.25, -0.2) is 18.0 Å². The fraction of sp³-hybridized carbons (Fsp3) is 0.300. The zero-order valence-electron chi connectivity index (χ0n) is 20.5. The highest BCUT2D eigenvalue weighted by Gasteiger charge is 2.22. The van der Waals surface area contributed by atoms with E-state index in [2.05, 4.69) is 0 Å². The first-order valence-corrected chi connectivity index (χ1v) is 12.3. The maximum absolute atomic E-state index is 14.5. The predicted octanol–water partition coefficient (Wildman–Crippen LogP) is 8.35. The van der Waals surface area contributed by atoms with Crippen molar-refractivity contribution < 1.29 is 31.8 Å². The Balaban J connectivity index is 1.36. The van der Waals surface area contributed by atoms with Crippen LogP contribution in [0.1, 0.15) is 54.4 Å². The van der Waals surface area contributed by atoms with Gasteiger partial charge in [-0.1, -0.05) is 24.3 Å². The Morgan fingerprint density at radius 2 is 1.59 bits per heavy atom. The van der Waals surface area contributed by atoms with E-state index in [-0.39, 0.29) is 29.6 Å². The average Bonchev–Trinajstić information content (AvgIpc) is 2.92. The van der Waals surface area contributed by atoms with Crippen LogP contribution in [0.15, 0.2) is 72.6 Å². The molecule has 0 bridgehead atoms. The number of alkyl halides is 1. The summed E-state index contributed by atoms with van der Waals surface area (Å²) in [6, 6.07) is 16.2. The molecule has 4 rings (SSSR count). The first-order chi connectivity index (χ1) is 17.9. The van der Waals surface area contributed by atoms with Crippen molar-refractivity contribution in [3.05, 3.63) is 95.3 Å². The Bertz CT molecular complexity index is 1250. The van der Waals surface area contributed by atoms with Crippen LogP contribution < -0.4 is 9.47 Å². The lowest BCUT2D eigenvalue weighted by Crippen LogP contribution is -2.13. The largest absolute Gasteiger partial charge is 0.491 e. The van der Waals surface area contributed by atoms with Crippen molar-refractivity contribution >= 4 is 5.97 Å². The maximum atomic E-state index is 14.5. The van der Waals surface area contributed by atoms with Crippen molar-refractivity contribution in [2.75, 3.05) is 13.3 Å². The van der Waals surface area contributed by atoms with Crippen molar-refractivity contribution in [3.63, 3.8) is 0 Å². The summed E-state index contributed by atoms with van der Waals surface area (Å²) < 4.78 is 64.8. The van der Waals surface area contributed by atoms with Gasteiger partial charge < -0.3 is 9.47 Å². The molecule has 0 spiro atoms. The fourth-order valence-corrected chi connectivity index (χ4v) is 4.70. The first-order valence-electron chi connectivity index (χ1n) is 12.3. The van der Waals surface area contributed by atoms with E-state index < -0.39 is 30.1 Å². The van der Waals surface area contributed by atoms with Gasteiger partial charge in [0.05, 0.1) is 12.2 Å². The summed E-state index contributed by atoms with van der Waals surface area (Å²) in [6.45, 7) is 0.858. The lowest BCUT2D eigenvalue weighted by Gasteiger charge is -2.27. The zero-order chi connectivity index (χ0) is 26.4. The van der Waals surface area contributed by atoms with E-state index in [9.17, 15) is 22.4 Å². The third-order valence-corrected chi connectivity index (χ3v) is 6.66. The first kappa shape index (κ1) is 26.5. The molecule has 1 aliphatic carbocycles. The molecule has 0 heterocycles. The van der Waals surface area contributed by atoms with Gasteiger partial charge in [0.15, 0.2) is 11.6 Å². The molecule has 0 atom stereocenters. The highest BCUT2D eigenvalue weighted by atomic mass is 19.2. The Labute approximate surface area is 213 Å². The molecule has 0 radical (unpaired) electrons. The normalized spacial score (nSPS) is 17.9. The van der Waals surface area contributed by atoms with Crippen molar-refractivity contribution in [1.29, 1.82) is 0 Å². The summed E-state index contributed by atoms with van der Waals surface area (Å²) in [5, 5.41) is 0. The number of allylic oxidation sites excluding steroid dienone is 2. The molecule has 0 aliphatic heterocycles. The quantitative estimate of drug-likeness (QED) is 0.173. The van der Waals surface area contributed by atoms with Gasteiger partial charge in [0, 0.05) is 5.56 Å². The topological polar surface area (TPSA) is 35.5 Å². The molecule has 0 unspecified atom stereocenters. The Morgan fingerprint density at radius 3 is 2.22 bits per heavy atom. The van der Waals surface area contributed by atoms with Gasteiger partial charge in [0.2, 0.25) is 5.82 Å². The van der Waals surface area contributed by atoms with E-state index in [1.807, 2.05) is 12.1 Å². The van der Waals surface area contributed by atoms with Gasteiger partial charge in [-0.05, 0) is 98.0 Å². The van der Waals surface area contributed by atoms with E-state index in [1.165, 1.54) is 30.3 Å². The lowest BCUT2D eigenvalue weighted by molar-refractivity contribution is 0.0734. The minimum atomic E-state index is -1.05. The number of hydrogen-bond acceptors (Lipinski definition) is 3. The molecule has 0 saturated heterocycles. The number of rotatable bonds is 8. The van der Waals surface area contributed by atoms with Crippen LogP contribution >= 0.6 is 0 Å². The molecule has 1 fully saturated rings. The standard InChI is InChI=1S/C30H28F4O3/c1-2-36-27-16-15-26(28(33)29(27)34)22-11-13-25(14-12-22)37-30(35)23-9-7-21(8-10-23)20-5-3-19(4-6-20)17-24(32)18-31/h7-17,19-20H,2-6,18H2,1H3/b24-17-. The number of carbonyl (C=O) groups excluding carboxylic acids is 1. The van der Waals surface area contributed by atoms with Gasteiger partial charge in [0.25, 0.3) is 0 Å². The van der Waals surface area contributed by atoms with Crippen LogP contribution in [-0.4, -0.2) is 19.3 Å². The molecule has 0 N–H and O–H groups in total. The van der Waals surface area contributed by atoms with Crippen LogP contribution in [0.4, 0.5) is 17.6 Å². The van der Waals surface area contributed by atoms with Crippen molar-refractivity contribution in [2.24, 2.45) is 5.92 Å². The predicted molar refractivity (Wildman–Crippen MR) is 134 cm³/mol. The van der Waals surface area contributed by atoms with Crippen molar-refractivity contribution in [2.45, 2.75) is 38.5 Å². The molecule has 0 amide bonds. The number of esters is 1. The second kappa shape index (κ2) is 12.1. The molecule has 194 valence electrons. The van der Waals surface area contributed by atoms with Crippen LogP contribution in [0, 0.1) is 17.6 Å². The summed E-state index contributed by atoms with van der Waals surface area (Å²) in [6.07, 6.45) is 4.73. The van der Waals surface area contributed by atoms with E-state index in [0.29, 0.717) is 17.0 Å². The molecule has 3 aromatic rings. The number of ether oxygens (including phenoxy) is 2. The SMILES string of the molecule is CCOc1ccc(-c2ccc(OC(=O)c3ccc(C4CCC(/C=C(\F)CF)CC4)cc3)cc2)c(F)c1F. The van der Waals surface area contributed by atoms with Crippen LogP contribution in [0.3, 0.4) is 0 Å². The minimum absolute atomic E-state index is 0.0672. The fourth-order valence-electron chi connectivity index (χ4n) is 4.70. The van der Waals surface area contributed by atoms with Crippen LogP contribution in [0.2, 0.25) is 0 Å². The van der Waals surface area contributed by atoms with E-state index >= 15 is 0 Å². The molecule has 1 aliphatic rings. The number of halogens is 4. The van der Waals surface area contributed by atoms with Crippen molar-refractivity contribution in [1.82, 2.24) is 0 Å². The number of benzene rings is 3. The zero-order valence-corrected chi connectivity index (χ0v) is 20.5. The van der Waals surface area contributed by atoms with Gasteiger partial charge >= 0.3 is 5.97 Å². The molecule has 3 nitrogen and oxygen atoms in total. The molecule has 1 saturated carbocycles. The maximum Gasteiger partial charge on any atom is 0.343 e. The molecule has 0 aromatic heterocycles. The second-order valence-corrected chi connectivity index (χ2v) is 9.07.